The largest absolute Gasteiger partial charge is 0.480 e. The molecular weight excluding hydrogens is 686 g/mol. The van der Waals surface area contributed by atoms with Crippen LogP contribution in [0, 0.1) is 0 Å². The predicted molar refractivity (Wildman–Crippen MR) is 184 cm³/mol. The minimum absolute atomic E-state index is 0.0697. The molecule has 0 aromatic heterocycles. The molecule has 0 rings (SSSR count). The number of nitrogens with one attached hydrogen (secondary N) is 7. The molecule has 0 aliphatic heterocycles. The molecule has 0 bridgehead atoms. The van der Waals surface area contributed by atoms with Crippen molar-refractivity contribution in [2.45, 2.75) is 82.5 Å². The van der Waals surface area contributed by atoms with Crippen LogP contribution in [0.2, 0.25) is 0 Å². The maximum Gasteiger partial charge on any atom is 0.320 e. The molecule has 0 aromatic carbocycles. The van der Waals surface area contributed by atoms with Gasteiger partial charge in [-0.25, -0.2) is 0 Å². The molecule has 0 aliphatic carbocycles. The van der Waals surface area contributed by atoms with Crippen LogP contribution in [0.3, 0.4) is 0 Å². The molecule has 4 atom stereocenters. The van der Waals surface area contributed by atoms with Crippen molar-refractivity contribution >= 4 is 69.8 Å². The van der Waals surface area contributed by atoms with Crippen molar-refractivity contribution in [3.63, 3.8) is 0 Å². The lowest BCUT2D eigenvalue weighted by Crippen LogP contribution is -2.50. The lowest BCUT2D eigenvalue weighted by molar-refractivity contribution is -0.140. The molecule has 280 valence electrons. The number of nitrogens with two attached hydrogens (primary N) is 2. The van der Waals surface area contributed by atoms with Gasteiger partial charge in [-0.3, -0.25) is 38.4 Å². The van der Waals surface area contributed by atoms with Crippen LogP contribution in [-0.4, -0.2) is 127 Å². The summed E-state index contributed by atoms with van der Waals surface area (Å²) in [6, 6.07) is -4.22. The highest BCUT2D eigenvalue weighted by molar-refractivity contribution is 8.68. The highest BCUT2D eigenvalue weighted by atomic mass is 33.1. The van der Waals surface area contributed by atoms with Gasteiger partial charge < -0.3 is 58.9 Å². The summed E-state index contributed by atoms with van der Waals surface area (Å²) in [6.45, 7) is 3.10. The summed E-state index contributed by atoms with van der Waals surface area (Å²) in [5.74, 6) is -5.29. The summed E-state index contributed by atoms with van der Waals surface area (Å²) >= 11 is 4.00. The van der Waals surface area contributed by atoms with Crippen LogP contribution in [0.15, 0.2) is 0 Å². The van der Waals surface area contributed by atoms with Gasteiger partial charge in [0, 0.05) is 31.7 Å². The Morgan fingerprint density at radius 2 is 1.10 bits per heavy atom. The molecule has 13 N–H and O–H groups in total. The number of carbonyl (C=O) groups excluding carboxylic acids is 6. The Morgan fingerprint density at radius 3 is 1.63 bits per heavy atom. The number of thiol groups is 1. The first-order chi connectivity index (χ1) is 23.2. The average Bonchev–Trinajstić information content (AvgIpc) is 3.05. The summed E-state index contributed by atoms with van der Waals surface area (Å²) in [7, 11) is 1.02. The number of carboxylic acid groups (broad SMARTS) is 2. The standard InChI is InChI=1S/C28H51N9O10S2/c1-17(36-21(38)8-6-18(29)27(44)45)25(42)34-14-23(40)33-13-5-11-31-10-3-2-4-12-32-24(41)15-35-26(43)20(16-49-48)37-22(39)9-7-19(30)28(46)47/h17-20,31,48H,2-16,29-30H2,1H3,(H,32,41)(H,33,40)(H,34,42)(H,35,43)(H,36,38)(H,37,39)(H,44,45)(H,46,47)/t17-,18+,19+,20+/m1/s1. The van der Waals surface area contributed by atoms with Crippen molar-refractivity contribution in [3.05, 3.63) is 0 Å². The second-order valence-electron chi connectivity index (χ2n) is 11.0. The zero-order valence-electron chi connectivity index (χ0n) is 27.6. The van der Waals surface area contributed by atoms with Crippen LogP contribution in [0.1, 0.15) is 58.3 Å². The van der Waals surface area contributed by atoms with E-state index in [9.17, 15) is 38.4 Å². The summed E-state index contributed by atoms with van der Waals surface area (Å²) in [6.07, 6.45) is 2.59. The Bertz CT molecular complexity index is 1100. The molecule has 0 unspecified atom stereocenters. The first-order valence-electron chi connectivity index (χ1n) is 15.8. The molecule has 0 saturated heterocycles. The van der Waals surface area contributed by atoms with Gasteiger partial charge in [-0.2, -0.15) is 0 Å². The molecule has 0 radical (unpaired) electrons. The SMILES string of the molecule is C[C@@H](NC(=O)CC[C@H](N)C(=O)O)C(=O)NCC(=O)NCCCNCCCCCNC(=O)CNC(=O)[C@H](CSS)NC(=O)CC[C@H](N)C(=O)O. The van der Waals surface area contributed by atoms with E-state index in [0.717, 1.165) is 36.6 Å². The fourth-order valence-corrected chi connectivity index (χ4v) is 4.64. The van der Waals surface area contributed by atoms with Gasteiger partial charge in [0.25, 0.3) is 0 Å². The molecule has 0 spiro atoms. The highest BCUT2D eigenvalue weighted by Crippen LogP contribution is 2.08. The number of hydrogen-bond acceptors (Lipinski definition) is 13. The Balaban J connectivity index is 3.90. The fourth-order valence-electron chi connectivity index (χ4n) is 3.81. The third kappa shape index (κ3) is 24.2. The van der Waals surface area contributed by atoms with Gasteiger partial charge in [0.2, 0.25) is 35.4 Å². The van der Waals surface area contributed by atoms with Crippen molar-refractivity contribution in [3.8, 4) is 0 Å². The second kappa shape index (κ2) is 27.2. The number of unbranched alkanes of at least 4 members (excludes halogenated alkanes) is 2. The normalized spacial score (nSPS) is 13.1. The predicted octanol–water partition coefficient (Wildman–Crippen LogP) is -3.45. The number of hydrogen-bond donors (Lipinski definition) is 12. The third-order valence-electron chi connectivity index (χ3n) is 6.71. The fraction of sp³-hybridized carbons (Fsp3) is 0.714. The maximum absolute atomic E-state index is 12.4. The molecule has 6 amide bonds. The average molecular weight is 738 g/mol. The monoisotopic (exact) mass is 737 g/mol. The van der Waals surface area contributed by atoms with Gasteiger partial charge in [0.05, 0.1) is 13.1 Å². The van der Waals surface area contributed by atoms with E-state index in [2.05, 4.69) is 48.9 Å². The number of carboxylic acids is 2. The molecule has 19 nitrogen and oxygen atoms in total. The van der Waals surface area contributed by atoms with Gasteiger partial charge in [-0.15, -0.1) is 11.7 Å². The third-order valence-corrected chi connectivity index (χ3v) is 7.64. The van der Waals surface area contributed by atoms with Crippen LogP contribution < -0.4 is 48.7 Å². The van der Waals surface area contributed by atoms with Gasteiger partial charge in [-0.1, -0.05) is 17.2 Å². The lowest BCUT2D eigenvalue weighted by atomic mass is 10.1. The quantitative estimate of drug-likeness (QED) is 0.0211. The number of aliphatic carboxylic acids is 2. The first kappa shape index (κ1) is 45.3. The number of carbonyl (C=O) groups is 8. The smallest absolute Gasteiger partial charge is 0.320 e. The van der Waals surface area contributed by atoms with Crippen molar-refractivity contribution in [2.75, 3.05) is 45.0 Å². The van der Waals surface area contributed by atoms with E-state index >= 15 is 0 Å². The molecule has 0 saturated carbocycles. The van der Waals surface area contributed by atoms with Crippen molar-refractivity contribution in [1.29, 1.82) is 0 Å². The van der Waals surface area contributed by atoms with E-state index in [4.69, 9.17) is 21.7 Å². The van der Waals surface area contributed by atoms with Crippen LogP contribution in [0.4, 0.5) is 0 Å². The molecule has 49 heavy (non-hydrogen) atoms. The van der Waals surface area contributed by atoms with Crippen LogP contribution in [0.5, 0.6) is 0 Å². The zero-order chi connectivity index (χ0) is 37.2. The molecule has 0 aromatic rings. The first-order valence-corrected chi connectivity index (χ1v) is 17.8. The number of amides is 6. The zero-order valence-corrected chi connectivity index (χ0v) is 29.3. The van der Waals surface area contributed by atoms with Gasteiger partial charge in [-0.05, 0) is 52.1 Å². The molecule has 0 heterocycles. The highest BCUT2D eigenvalue weighted by Gasteiger charge is 2.22. The summed E-state index contributed by atoms with van der Waals surface area (Å²) in [5, 5.41) is 36.0. The van der Waals surface area contributed by atoms with E-state index in [0.29, 0.717) is 26.1 Å². The maximum atomic E-state index is 12.4. The molecular formula is C28H51N9O10S2. The van der Waals surface area contributed by atoms with E-state index < -0.39 is 59.7 Å². The number of rotatable bonds is 28. The minimum atomic E-state index is -1.23. The Morgan fingerprint density at radius 1 is 0.633 bits per heavy atom. The van der Waals surface area contributed by atoms with E-state index in [1.54, 1.807) is 0 Å². The van der Waals surface area contributed by atoms with Gasteiger partial charge >= 0.3 is 11.9 Å². The second-order valence-corrected chi connectivity index (χ2v) is 12.3. The molecule has 21 heteroatoms. The Labute approximate surface area is 294 Å². The van der Waals surface area contributed by atoms with Crippen molar-refractivity contribution < 1.29 is 48.6 Å². The van der Waals surface area contributed by atoms with E-state index in [-0.39, 0.29) is 56.3 Å². The minimum Gasteiger partial charge on any atom is -0.480 e. The van der Waals surface area contributed by atoms with Gasteiger partial charge in [0.1, 0.15) is 24.2 Å². The summed E-state index contributed by atoms with van der Waals surface area (Å²) in [4.78, 5) is 93.9. The topological polar surface area (TPSA) is 313 Å². The van der Waals surface area contributed by atoms with Crippen LogP contribution in [-0.2, 0) is 38.4 Å². The van der Waals surface area contributed by atoms with Crippen molar-refractivity contribution in [2.24, 2.45) is 11.5 Å². The summed E-state index contributed by atoms with van der Waals surface area (Å²) < 4.78 is 0. The van der Waals surface area contributed by atoms with Crippen LogP contribution >= 0.6 is 22.5 Å². The Hall–Kier alpha value is -3.66. The molecule has 0 fully saturated rings. The van der Waals surface area contributed by atoms with E-state index in [1.807, 2.05) is 0 Å². The molecule has 0 aliphatic rings. The van der Waals surface area contributed by atoms with E-state index in [1.165, 1.54) is 6.92 Å². The van der Waals surface area contributed by atoms with Crippen LogP contribution in [0.25, 0.3) is 0 Å². The Kier molecular flexibility index (Phi) is 25.2. The van der Waals surface area contributed by atoms with Gasteiger partial charge in [0.15, 0.2) is 0 Å². The summed E-state index contributed by atoms with van der Waals surface area (Å²) in [5.41, 5.74) is 10.7. The lowest BCUT2D eigenvalue weighted by Gasteiger charge is -2.17. The van der Waals surface area contributed by atoms with Crippen molar-refractivity contribution in [1.82, 2.24) is 37.2 Å².